The molecule has 0 saturated heterocycles. The lowest BCUT2D eigenvalue weighted by atomic mass is 9.85. The summed E-state index contributed by atoms with van der Waals surface area (Å²) >= 11 is 0. The van der Waals surface area contributed by atoms with Crippen LogP contribution in [0.5, 0.6) is 0 Å². The molecule has 4 amide bonds. The largest absolute Gasteiger partial charge is 0.481 e. The number of rotatable bonds is 56. The van der Waals surface area contributed by atoms with Crippen molar-refractivity contribution in [1.82, 2.24) is 21.3 Å². The average Bonchev–Trinajstić information content (AvgIpc) is 3.38. The van der Waals surface area contributed by atoms with Gasteiger partial charge in [0, 0.05) is 82.3 Å². The van der Waals surface area contributed by atoms with Crippen molar-refractivity contribution in [2.75, 3.05) is 72.5 Å². The Balaban J connectivity index is 4.30. The second-order valence-electron chi connectivity index (χ2n) is 19.8. The van der Waals surface area contributed by atoms with Gasteiger partial charge in [-0.25, -0.2) is 0 Å². The number of ketones is 3. The molecule has 0 aliphatic carbocycles. The Morgan fingerprint density at radius 2 is 0.846 bits per heavy atom. The molecule has 23 nitrogen and oxygen atoms in total. The third-order valence-electron chi connectivity index (χ3n) is 12.9. The molecule has 0 rings (SSSR count). The van der Waals surface area contributed by atoms with E-state index in [1.807, 2.05) is 6.92 Å². The summed E-state index contributed by atoms with van der Waals surface area (Å²) in [6.45, 7) is 3.68. The van der Waals surface area contributed by atoms with Crippen LogP contribution >= 0.6 is 0 Å². The number of amides is 4. The van der Waals surface area contributed by atoms with E-state index in [2.05, 4.69) is 21.3 Å². The molecule has 448 valence electrons. The molecular weight excluding hydrogens is 1020 g/mol. The fourth-order valence-corrected chi connectivity index (χ4v) is 8.14. The first-order chi connectivity index (χ1) is 37.3. The van der Waals surface area contributed by atoms with E-state index in [0.29, 0.717) is 25.7 Å². The van der Waals surface area contributed by atoms with Crippen molar-refractivity contribution in [2.45, 2.75) is 193 Å². The van der Waals surface area contributed by atoms with Gasteiger partial charge in [0.15, 0.2) is 5.78 Å². The Morgan fingerprint density at radius 1 is 0.397 bits per heavy atom. The predicted octanol–water partition coefficient (Wildman–Crippen LogP) is 5.35. The van der Waals surface area contributed by atoms with Crippen molar-refractivity contribution in [1.29, 1.82) is 0 Å². The number of hydrogen-bond acceptors (Lipinski definition) is 15. The monoisotopic (exact) mass is 1110 g/mol. The van der Waals surface area contributed by atoms with Gasteiger partial charge in [0.05, 0.1) is 39.6 Å². The van der Waals surface area contributed by atoms with Gasteiger partial charge < -0.3 is 60.6 Å². The zero-order chi connectivity index (χ0) is 58.2. The highest BCUT2D eigenvalue weighted by molar-refractivity contribution is 5.92. The lowest BCUT2D eigenvalue weighted by molar-refractivity contribution is -0.140. The molecule has 0 aromatic rings. The zero-order valence-electron chi connectivity index (χ0n) is 46.6. The maximum Gasteiger partial charge on any atom is 0.303 e. The highest BCUT2D eigenvalue weighted by atomic mass is 16.5. The van der Waals surface area contributed by atoms with Crippen LogP contribution in [0.1, 0.15) is 187 Å². The summed E-state index contributed by atoms with van der Waals surface area (Å²) in [5.74, 6) is -8.97. The van der Waals surface area contributed by atoms with E-state index in [0.717, 1.165) is 51.4 Å². The van der Waals surface area contributed by atoms with Gasteiger partial charge in [0.2, 0.25) is 23.6 Å². The smallest absolute Gasteiger partial charge is 0.303 e. The number of Topliss-reactive ketones (excluding diaryl/α,β-unsaturated/α-hetero) is 3. The molecule has 0 fully saturated rings. The summed E-state index contributed by atoms with van der Waals surface area (Å²) in [5.41, 5.74) is 0. The summed E-state index contributed by atoms with van der Waals surface area (Å²) in [6.07, 6.45) is 15.0. The van der Waals surface area contributed by atoms with E-state index in [1.165, 1.54) is 39.0 Å². The van der Waals surface area contributed by atoms with E-state index >= 15 is 0 Å². The molecule has 0 aliphatic rings. The average molecular weight is 1120 g/mol. The van der Waals surface area contributed by atoms with Crippen LogP contribution in [0.4, 0.5) is 0 Å². The van der Waals surface area contributed by atoms with Gasteiger partial charge in [-0.05, 0) is 51.9 Å². The van der Waals surface area contributed by atoms with Gasteiger partial charge in [-0.15, -0.1) is 0 Å². The van der Waals surface area contributed by atoms with Gasteiger partial charge >= 0.3 is 23.9 Å². The molecule has 0 aromatic carbocycles. The lowest BCUT2D eigenvalue weighted by Gasteiger charge is -2.20. The number of carbonyl (C=O) groups excluding carboxylic acids is 7. The van der Waals surface area contributed by atoms with Crippen molar-refractivity contribution >= 4 is 64.9 Å². The molecule has 0 aliphatic heterocycles. The molecular formula is C55H94N4O19. The van der Waals surface area contributed by atoms with Crippen molar-refractivity contribution in [3.05, 3.63) is 0 Å². The highest BCUT2D eigenvalue weighted by Gasteiger charge is 2.29. The molecule has 4 atom stereocenters. The quantitative estimate of drug-likeness (QED) is 0.0356. The van der Waals surface area contributed by atoms with Crippen LogP contribution < -0.4 is 21.3 Å². The molecule has 0 radical (unpaired) electrons. The van der Waals surface area contributed by atoms with Gasteiger partial charge in [-0.2, -0.15) is 0 Å². The zero-order valence-corrected chi connectivity index (χ0v) is 46.6. The molecule has 23 heteroatoms. The minimum Gasteiger partial charge on any atom is -0.481 e. The van der Waals surface area contributed by atoms with Crippen molar-refractivity contribution in [2.24, 2.45) is 17.8 Å². The maximum absolute atomic E-state index is 13.3. The number of carboxylic acids is 4. The number of unbranched alkanes of at least 4 members (excludes halogenated alkanes) is 14. The van der Waals surface area contributed by atoms with Crippen LogP contribution in [-0.2, 0) is 71.7 Å². The fourth-order valence-electron chi connectivity index (χ4n) is 8.14. The maximum atomic E-state index is 13.3. The normalized spacial score (nSPS) is 12.6. The Labute approximate surface area is 460 Å². The number of nitrogens with one attached hydrogen (secondary N) is 4. The Hall–Kier alpha value is -5.39. The molecule has 0 aromatic heterocycles. The SMILES string of the molecule is CC(=O)[C@@H](C)CCCCNC(=O)[C@H](CCC(=O)O)CC(=O)[C@H](CCC(=O)O)CC(=O)COCCOCCNC(=O)COCCOCCNC(=O)[C@H](CCC(=O)O)NC(=O)CCCCCCCCCCCCCCCCC(=O)O. The van der Waals surface area contributed by atoms with E-state index in [-0.39, 0.29) is 148 Å². The Morgan fingerprint density at radius 3 is 1.37 bits per heavy atom. The number of ether oxygens (including phenoxy) is 4. The highest BCUT2D eigenvalue weighted by Crippen LogP contribution is 2.22. The predicted molar refractivity (Wildman–Crippen MR) is 286 cm³/mol. The summed E-state index contributed by atoms with van der Waals surface area (Å²) in [4.78, 5) is 132. The number of carboxylic acid groups (broad SMARTS) is 4. The molecule has 8 N–H and O–H groups in total. The molecule has 0 heterocycles. The first-order valence-electron chi connectivity index (χ1n) is 28.2. The second-order valence-corrected chi connectivity index (χ2v) is 19.8. The van der Waals surface area contributed by atoms with Crippen LogP contribution in [0.15, 0.2) is 0 Å². The summed E-state index contributed by atoms with van der Waals surface area (Å²) in [5, 5.41) is 46.9. The molecule has 0 bridgehead atoms. The number of carbonyl (C=O) groups is 11. The molecule has 0 unspecified atom stereocenters. The van der Waals surface area contributed by atoms with Crippen LogP contribution in [0, 0.1) is 17.8 Å². The van der Waals surface area contributed by atoms with Gasteiger partial charge in [-0.1, -0.05) is 90.4 Å². The van der Waals surface area contributed by atoms with Crippen LogP contribution in [0.25, 0.3) is 0 Å². The van der Waals surface area contributed by atoms with Crippen LogP contribution in [0.2, 0.25) is 0 Å². The Bertz CT molecular complexity index is 1760. The summed E-state index contributed by atoms with van der Waals surface area (Å²) < 4.78 is 21.5. The van der Waals surface area contributed by atoms with E-state index in [4.69, 9.17) is 29.2 Å². The summed E-state index contributed by atoms with van der Waals surface area (Å²) in [6, 6.07) is -1.00. The van der Waals surface area contributed by atoms with Gasteiger partial charge in [0.25, 0.3) is 0 Å². The number of hydrogen-bond donors (Lipinski definition) is 8. The van der Waals surface area contributed by atoms with E-state index < -0.39 is 77.5 Å². The third kappa shape index (κ3) is 45.6. The first kappa shape index (κ1) is 72.6. The second kappa shape index (κ2) is 48.7. The van der Waals surface area contributed by atoms with Gasteiger partial charge in [0.1, 0.15) is 30.8 Å². The van der Waals surface area contributed by atoms with E-state index in [9.17, 15) is 63.0 Å². The van der Waals surface area contributed by atoms with Crippen LogP contribution in [0.3, 0.4) is 0 Å². The van der Waals surface area contributed by atoms with Crippen molar-refractivity contribution < 1.29 is 92.1 Å². The molecule has 0 spiro atoms. The lowest BCUT2D eigenvalue weighted by Crippen LogP contribution is -2.47. The number of aliphatic carboxylic acids is 4. The summed E-state index contributed by atoms with van der Waals surface area (Å²) in [7, 11) is 0. The van der Waals surface area contributed by atoms with E-state index in [1.54, 1.807) is 0 Å². The minimum absolute atomic E-state index is 0.000308. The van der Waals surface area contributed by atoms with Crippen molar-refractivity contribution in [3.63, 3.8) is 0 Å². The van der Waals surface area contributed by atoms with Crippen molar-refractivity contribution in [3.8, 4) is 0 Å². The first-order valence-corrected chi connectivity index (χ1v) is 28.2. The topological polar surface area (TPSA) is 354 Å². The minimum atomic E-state index is -1.18. The standard InChI is InChI=1S/C55H94N4O19/c1-41(42(2)60)19-17-18-28-57-54(73)44(23-26-52(69)70)38-47(62)43(22-25-51(67)68)37-45(61)39-77-35-33-75-31-29-56-49(64)40-78-36-34-76-32-30-58-55(74)46(24-27-53(71)72)59-48(63)20-15-13-11-9-7-5-3-4-6-8-10-12-14-16-21-50(65)66/h41,43-44,46H,3-40H2,1-2H3,(H,56,64)(H,57,73)(H,58,74)(H,59,63)(H,65,66)(H,67,68)(H,69,70)(H,71,72)/t41-,43+,44+,46-/m0/s1. The van der Waals surface area contributed by atoms with Crippen LogP contribution in [-0.4, -0.2) is 164 Å². The fraction of sp³-hybridized carbons (Fsp3) is 0.800. The molecule has 0 saturated carbocycles. The molecule has 78 heavy (non-hydrogen) atoms. The third-order valence-corrected chi connectivity index (χ3v) is 12.9. The van der Waals surface area contributed by atoms with Gasteiger partial charge in [-0.3, -0.25) is 52.7 Å². The Kier molecular flexibility index (Phi) is 45.3.